The molecule has 0 spiro atoms. The van der Waals surface area contributed by atoms with Crippen LogP contribution >= 0.6 is 24.0 Å². The van der Waals surface area contributed by atoms with Gasteiger partial charge in [-0.05, 0) is 35.4 Å². The lowest BCUT2D eigenvalue weighted by molar-refractivity contribution is 0.181. The molecule has 142 valence electrons. The van der Waals surface area contributed by atoms with Crippen molar-refractivity contribution in [1.29, 1.82) is 0 Å². The number of benzene rings is 2. The highest BCUT2D eigenvalue weighted by Crippen LogP contribution is 2.13. The quantitative estimate of drug-likeness (QED) is 0.368. The van der Waals surface area contributed by atoms with Crippen LogP contribution in [0.15, 0.2) is 47.5 Å². The van der Waals surface area contributed by atoms with Gasteiger partial charge in [0.05, 0.1) is 13.7 Å². The molecule has 2 rings (SSSR count). The number of guanidine groups is 1. The first-order valence-electron chi connectivity index (χ1n) is 8.00. The van der Waals surface area contributed by atoms with Crippen LogP contribution in [0.2, 0.25) is 0 Å². The summed E-state index contributed by atoms with van der Waals surface area (Å²) < 4.78 is 23.9. The molecule has 26 heavy (non-hydrogen) atoms. The highest BCUT2D eigenvalue weighted by molar-refractivity contribution is 14.0. The van der Waals surface area contributed by atoms with Crippen LogP contribution in [-0.4, -0.2) is 27.2 Å². The Hall–Kier alpha value is -1.87. The second-order valence-corrected chi connectivity index (χ2v) is 5.49. The van der Waals surface area contributed by atoms with E-state index in [1.165, 1.54) is 6.07 Å². The fourth-order valence-electron chi connectivity index (χ4n) is 2.38. The largest absolute Gasteiger partial charge is 0.497 e. The highest BCUT2D eigenvalue weighted by atomic mass is 127. The van der Waals surface area contributed by atoms with Gasteiger partial charge in [0.15, 0.2) is 5.96 Å². The zero-order chi connectivity index (χ0) is 18.1. The molecule has 0 aliphatic heterocycles. The first kappa shape index (κ1) is 22.2. The molecule has 0 unspecified atom stereocenters. The van der Waals surface area contributed by atoms with Crippen LogP contribution in [0.3, 0.4) is 0 Å². The number of hydrogen-bond acceptors (Lipinski definition) is 3. The topological polar surface area (TPSA) is 54.9 Å². The third kappa shape index (κ3) is 6.80. The van der Waals surface area contributed by atoms with Crippen molar-refractivity contribution in [3.8, 4) is 5.75 Å². The maximum Gasteiger partial charge on any atom is 0.191 e. The summed E-state index contributed by atoms with van der Waals surface area (Å²) in [5.74, 6) is 1.23. The smallest absolute Gasteiger partial charge is 0.191 e. The van der Waals surface area contributed by atoms with Gasteiger partial charge in [-0.15, -0.1) is 24.0 Å². The van der Waals surface area contributed by atoms with Crippen LogP contribution in [0.4, 0.5) is 4.39 Å². The van der Waals surface area contributed by atoms with Gasteiger partial charge in [0, 0.05) is 32.8 Å². The molecule has 0 aliphatic carbocycles. The number of methoxy groups -OCH3 is 2. The molecule has 0 saturated heterocycles. The maximum atomic E-state index is 13.6. The normalized spacial score (nSPS) is 10.8. The number of ether oxygens (including phenoxy) is 2. The van der Waals surface area contributed by atoms with Gasteiger partial charge < -0.3 is 20.1 Å². The molecule has 7 heteroatoms. The molecule has 2 aromatic carbocycles. The van der Waals surface area contributed by atoms with E-state index < -0.39 is 0 Å². The van der Waals surface area contributed by atoms with Gasteiger partial charge in [-0.2, -0.15) is 0 Å². The number of hydrogen-bond donors (Lipinski definition) is 2. The Morgan fingerprint density at radius 3 is 2.35 bits per heavy atom. The first-order chi connectivity index (χ1) is 12.2. The zero-order valence-electron chi connectivity index (χ0n) is 15.2. The second-order valence-electron chi connectivity index (χ2n) is 5.49. The van der Waals surface area contributed by atoms with Crippen LogP contribution in [0.5, 0.6) is 5.75 Å². The Labute approximate surface area is 171 Å². The minimum atomic E-state index is -0.258. The molecule has 0 radical (unpaired) electrons. The average Bonchev–Trinajstić information content (AvgIpc) is 2.64. The third-order valence-electron chi connectivity index (χ3n) is 3.69. The van der Waals surface area contributed by atoms with Gasteiger partial charge in [0.25, 0.3) is 0 Å². The van der Waals surface area contributed by atoms with E-state index in [4.69, 9.17) is 9.47 Å². The minimum Gasteiger partial charge on any atom is -0.497 e. The van der Waals surface area contributed by atoms with Gasteiger partial charge in [0.2, 0.25) is 0 Å². The molecule has 0 aliphatic rings. The summed E-state index contributed by atoms with van der Waals surface area (Å²) in [7, 11) is 4.91. The van der Waals surface area contributed by atoms with Gasteiger partial charge in [-0.25, -0.2) is 4.39 Å². The van der Waals surface area contributed by atoms with E-state index >= 15 is 0 Å². The predicted octanol–water partition coefficient (Wildman–Crippen LogP) is 3.46. The molecule has 0 heterocycles. The lowest BCUT2D eigenvalue weighted by Gasteiger charge is -2.13. The summed E-state index contributed by atoms with van der Waals surface area (Å²) in [5.41, 5.74) is 2.59. The van der Waals surface area contributed by atoms with Crippen LogP contribution in [-0.2, 0) is 24.4 Å². The van der Waals surface area contributed by atoms with E-state index in [9.17, 15) is 4.39 Å². The Kier molecular flexibility index (Phi) is 9.97. The number of rotatable bonds is 7. The number of nitrogens with one attached hydrogen (secondary N) is 2. The molecule has 2 aromatic rings. The average molecular weight is 473 g/mol. The molecule has 0 aromatic heterocycles. The van der Waals surface area contributed by atoms with Crippen molar-refractivity contribution >= 4 is 29.9 Å². The summed E-state index contributed by atoms with van der Waals surface area (Å²) in [6, 6.07) is 12.8. The molecular weight excluding hydrogens is 448 g/mol. The Morgan fingerprint density at radius 1 is 1.04 bits per heavy atom. The SMILES string of the molecule is CN=C(NCc1cccc(OC)c1)NCc1ccc(F)c(COC)c1.I. The fraction of sp³-hybridized carbons (Fsp3) is 0.316. The Morgan fingerprint density at radius 2 is 1.73 bits per heavy atom. The van der Waals surface area contributed by atoms with Crippen molar-refractivity contribution in [3.05, 3.63) is 65.0 Å². The van der Waals surface area contributed by atoms with Gasteiger partial charge in [-0.1, -0.05) is 18.2 Å². The van der Waals surface area contributed by atoms with Crippen molar-refractivity contribution < 1.29 is 13.9 Å². The van der Waals surface area contributed by atoms with Crippen molar-refractivity contribution in [3.63, 3.8) is 0 Å². The van der Waals surface area contributed by atoms with E-state index in [1.54, 1.807) is 33.4 Å². The summed E-state index contributed by atoms with van der Waals surface area (Å²) >= 11 is 0. The highest BCUT2D eigenvalue weighted by Gasteiger charge is 2.05. The minimum absolute atomic E-state index is 0. The predicted molar refractivity (Wildman–Crippen MR) is 113 cm³/mol. The lowest BCUT2D eigenvalue weighted by Crippen LogP contribution is -2.36. The van der Waals surface area contributed by atoms with Crippen molar-refractivity contribution in [2.45, 2.75) is 19.7 Å². The molecule has 5 nitrogen and oxygen atoms in total. The zero-order valence-corrected chi connectivity index (χ0v) is 17.5. The number of halogens is 2. The van der Waals surface area contributed by atoms with Gasteiger partial charge >= 0.3 is 0 Å². The number of aliphatic imine (C=N–C) groups is 1. The monoisotopic (exact) mass is 473 g/mol. The molecule has 0 atom stereocenters. The second kappa shape index (κ2) is 11.7. The summed E-state index contributed by atoms with van der Waals surface area (Å²) in [4.78, 5) is 4.20. The van der Waals surface area contributed by atoms with E-state index in [0.29, 0.717) is 24.6 Å². The van der Waals surface area contributed by atoms with E-state index in [1.807, 2.05) is 24.3 Å². The molecule has 0 fully saturated rings. The standard InChI is InChI=1S/C19H24FN3O2.HI/c1-21-19(22-11-14-5-4-6-17(10-14)25-3)23-12-15-7-8-18(20)16(9-15)13-24-2;/h4-10H,11-13H2,1-3H3,(H2,21,22,23);1H. The van der Waals surface area contributed by atoms with Crippen LogP contribution in [0.1, 0.15) is 16.7 Å². The Bertz CT molecular complexity index is 726. The van der Waals surface area contributed by atoms with Crippen molar-refractivity contribution in [2.75, 3.05) is 21.3 Å². The molecule has 0 bridgehead atoms. The summed E-state index contributed by atoms with van der Waals surface area (Å²) in [6.07, 6.45) is 0. The molecule has 2 N–H and O–H groups in total. The molecular formula is C19H25FIN3O2. The van der Waals surface area contributed by atoms with Crippen molar-refractivity contribution in [2.24, 2.45) is 4.99 Å². The molecule has 0 saturated carbocycles. The van der Waals surface area contributed by atoms with E-state index in [0.717, 1.165) is 16.9 Å². The Balaban J connectivity index is 0.00000338. The first-order valence-corrected chi connectivity index (χ1v) is 8.00. The fourth-order valence-corrected chi connectivity index (χ4v) is 2.38. The van der Waals surface area contributed by atoms with E-state index in [2.05, 4.69) is 15.6 Å². The maximum absolute atomic E-state index is 13.6. The van der Waals surface area contributed by atoms with Crippen LogP contribution in [0, 0.1) is 5.82 Å². The molecule has 0 amide bonds. The van der Waals surface area contributed by atoms with Gasteiger partial charge in [0.1, 0.15) is 11.6 Å². The van der Waals surface area contributed by atoms with Crippen LogP contribution in [0.25, 0.3) is 0 Å². The van der Waals surface area contributed by atoms with Crippen LogP contribution < -0.4 is 15.4 Å². The summed E-state index contributed by atoms with van der Waals surface area (Å²) in [5, 5.41) is 6.46. The summed E-state index contributed by atoms with van der Waals surface area (Å²) in [6.45, 7) is 1.41. The van der Waals surface area contributed by atoms with E-state index in [-0.39, 0.29) is 36.4 Å². The number of nitrogens with zero attached hydrogens (tertiary/aromatic N) is 1. The van der Waals surface area contributed by atoms with Gasteiger partial charge in [-0.3, -0.25) is 4.99 Å². The third-order valence-corrected chi connectivity index (χ3v) is 3.69. The lowest BCUT2D eigenvalue weighted by atomic mass is 10.1. The van der Waals surface area contributed by atoms with Crippen molar-refractivity contribution in [1.82, 2.24) is 10.6 Å².